The molecule has 5 heteroatoms. The Morgan fingerprint density at radius 3 is 2.00 bits per heavy atom. The number of hydrogen-bond acceptors (Lipinski definition) is 3. The molecule has 0 saturated carbocycles. The fourth-order valence-corrected chi connectivity index (χ4v) is 2.70. The van der Waals surface area contributed by atoms with Crippen molar-refractivity contribution in [3.8, 4) is 0 Å². The molecule has 0 atom stereocenters. The molecular formula is C18H22ClN3O. The highest BCUT2D eigenvalue weighted by molar-refractivity contribution is 6.07. The predicted octanol–water partition coefficient (Wildman–Crippen LogP) is 4.19. The second kappa shape index (κ2) is 7.13. The van der Waals surface area contributed by atoms with Crippen LogP contribution in [0.25, 0.3) is 21.8 Å². The van der Waals surface area contributed by atoms with Crippen LogP contribution in [0, 0.1) is 5.21 Å². The summed E-state index contributed by atoms with van der Waals surface area (Å²) in [7, 11) is 3.36. The van der Waals surface area contributed by atoms with Gasteiger partial charge in [0.2, 0.25) is 0 Å². The number of halogens is 1. The Morgan fingerprint density at radius 1 is 0.957 bits per heavy atom. The van der Waals surface area contributed by atoms with Crippen molar-refractivity contribution in [3.05, 3.63) is 53.7 Å². The number of fused-ring (bicyclic) bond motifs is 2. The fourth-order valence-electron chi connectivity index (χ4n) is 2.70. The van der Waals surface area contributed by atoms with Crippen molar-refractivity contribution < 1.29 is 4.65 Å². The number of hydroxylamine groups is 3. The van der Waals surface area contributed by atoms with E-state index in [9.17, 15) is 5.21 Å². The van der Waals surface area contributed by atoms with E-state index in [1.807, 2.05) is 36.4 Å². The van der Waals surface area contributed by atoms with Gasteiger partial charge in [0, 0.05) is 23.7 Å². The summed E-state index contributed by atoms with van der Waals surface area (Å²) in [5.41, 5.74) is 3.09. The first-order valence-corrected chi connectivity index (χ1v) is 7.60. The van der Waals surface area contributed by atoms with Gasteiger partial charge in [-0.05, 0) is 12.1 Å². The molecule has 0 aliphatic rings. The number of para-hydroxylation sites is 2. The Kier molecular flexibility index (Phi) is 5.42. The molecule has 0 bridgehead atoms. The van der Waals surface area contributed by atoms with E-state index >= 15 is 0 Å². The average molecular weight is 332 g/mol. The minimum absolute atomic E-state index is 0. The van der Waals surface area contributed by atoms with Crippen molar-refractivity contribution in [2.45, 2.75) is 6.42 Å². The predicted molar refractivity (Wildman–Crippen MR) is 99.9 cm³/mol. The van der Waals surface area contributed by atoms with Crippen LogP contribution < -0.4 is 5.32 Å². The van der Waals surface area contributed by atoms with Crippen LogP contribution in [0.5, 0.6) is 0 Å². The highest BCUT2D eigenvalue weighted by atomic mass is 35.5. The lowest BCUT2D eigenvalue weighted by Crippen LogP contribution is -2.34. The molecule has 3 aromatic rings. The summed E-state index contributed by atoms with van der Waals surface area (Å²) in [5, 5.41) is 17.4. The summed E-state index contributed by atoms with van der Waals surface area (Å²) in [6.45, 7) is 1.38. The maximum atomic E-state index is 11.6. The van der Waals surface area contributed by atoms with E-state index in [2.05, 4.69) is 17.4 Å². The molecule has 1 N–H and O–H groups in total. The van der Waals surface area contributed by atoms with Crippen LogP contribution in [0.2, 0.25) is 0 Å². The highest BCUT2D eigenvalue weighted by Crippen LogP contribution is 2.30. The summed E-state index contributed by atoms with van der Waals surface area (Å²) in [4.78, 5) is 4.71. The second-order valence-electron chi connectivity index (χ2n) is 6.10. The molecular weight excluding hydrogens is 310 g/mol. The van der Waals surface area contributed by atoms with E-state index in [0.29, 0.717) is 6.54 Å². The summed E-state index contributed by atoms with van der Waals surface area (Å²) in [6.07, 6.45) is 0.835. The van der Waals surface area contributed by atoms with Gasteiger partial charge in [0.15, 0.2) is 0 Å². The number of benzene rings is 2. The number of hydrogen-bond donors (Lipinski definition) is 1. The SMILES string of the molecule is C[N+](C)([O-])CCCNc1c2ccccc2nc2ccccc12.Cl. The number of pyridine rings is 1. The molecule has 1 heterocycles. The maximum Gasteiger partial charge on any atom is 0.0796 e. The largest absolute Gasteiger partial charge is 0.633 e. The molecule has 122 valence electrons. The summed E-state index contributed by atoms with van der Waals surface area (Å²) >= 11 is 0. The third-order valence-electron chi connectivity index (χ3n) is 3.76. The molecule has 0 saturated heterocycles. The molecule has 4 nitrogen and oxygen atoms in total. The van der Waals surface area contributed by atoms with Gasteiger partial charge in [-0.3, -0.25) is 0 Å². The van der Waals surface area contributed by atoms with E-state index in [1.54, 1.807) is 14.1 Å². The molecule has 2 aromatic carbocycles. The first-order chi connectivity index (χ1) is 10.5. The van der Waals surface area contributed by atoms with Crippen molar-refractivity contribution in [2.24, 2.45) is 0 Å². The summed E-state index contributed by atoms with van der Waals surface area (Å²) < 4.78 is -0.250. The lowest BCUT2D eigenvalue weighted by Gasteiger charge is -2.33. The van der Waals surface area contributed by atoms with Crippen molar-refractivity contribution in [1.29, 1.82) is 0 Å². The molecule has 0 aliphatic heterocycles. The molecule has 3 rings (SSSR count). The average Bonchev–Trinajstić information content (AvgIpc) is 2.49. The first kappa shape index (κ1) is 17.5. The third kappa shape index (κ3) is 4.10. The zero-order valence-corrected chi connectivity index (χ0v) is 14.3. The van der Waals surface area contributed by atoms with Crippen molar-refractivity contribution in [3.63, 3.8) is 0 Å². The Bertz CT molecular complexity index is 745. The Labute approximate surface area is 142 Å². The number of nitrogens with one attached hydrogen (secondary N) is 1. The summed E-state index contributed by atoms with van der Waals surface area (Å²) in [5.74, 6) is 0. The van der Waals surface area contributed by atoms with E-state index < -0.39 is 0 Å². The molecule has 0 fully saturated rings. The van der Waals surface area contributed by atoms with Crippen molar-refractivity contribution in [2.75, 3.05) is 32.5 Å². The number of quaternary nitrogens is 1. The summed E-state index contributed by atoms with van der Waals surface area (Å²) in [6, 6.07) is 16.3. The van der Waals surface area contributed by atoms with Crippen LogP contribution in [-0.4, -0.2) is 36.8 Å². The minimum atomic E-state index is -0.250. The van der Waals surface area contributed by atoms with E-state index in [1.165, 1.54) is 0 Å². The lowest BCUT2D eigenvalue weighted by molar-refractivity contribution is -0.839. The lowest BCUT2D eigenvalue weighted by atomic mass is 10.1. The molecule has 1 aromatic heterocycles. The van der Waals surface area contributed by atoms with E-state index in [-0.39, 0.29) is 17.1 Å². The third-order valence-corrected chi connectivity index (χ3v) is 3.76. The monoisotopic (exact) mass is 331 g/mol. The number of anilines is 1. The van der Waals surface area contributed by atoms with Gasteiger partial charge < -0.3 is 15.2 Å². The quantitative estimate of drug-likeness (QED) is 0.330. The van der Waals surface area contributed by atoms with Gasteiger partial charge in [0.05, 0.1) is 37.4 Å². The van der Waals surface area contributed by atoms with Gasteiger partial charge in [0.1, 0.15) is 0 Å². The smallest absolute Gasteiger partial charge is 0.0796 e. The molecule has 0 spiro atoms. The second-order valence-corrected chi connectivity index (χ2v) is 6.10. The van der Waals surface area contributed by atoms with Gasteiger partial charge in [-0.15, -0.1) is 12.4 Å². The zero-order valence-electron chi connectivity index (χ0n) is 13.5. The van der Waals surface area contributed by atoms with Gasteiger partial charge in [-0.25, -0.2) is 4.98 Å². The molecule has 0 aliphatic carbocycles. The van der Waals surface area contributed by atoms with Gasteiger partial charge >= 0.3 is 0 Å². The van der Waals surface area contributed by atoms with Crippen LogP contribution in [0.3, 0.4) is 0 Å². The first-order valence-electron chi connectivity index (χ1n) is 7.60. The van der Waals surface area contributed by atoms with Crippen molar-refractivity contribution >= 4 is 39.9 Å². The molecule has 0 radical (unpaired) electrons. The molecule has 0 amide bonds. The van der Waals surface area contributed by atoms with Gasteiger partial charge in [-0.2, -0.15) is 0 Å². The number of rotatable bonds is 5. The minimum Gasteiger partial charge on any atom is -0.633 e. The highest BCUT2D eigenvalue weighted by Gasteiger charge is 2.08. The van der Waals surface area contributed by atoms with Crippen LogP contribution >= 0.6 is 12.4 Å². The Balaban J connectivity index is 0.00000192. The van der Waals surface area contributed by atoms with Crippen LogP contribution in [0.1, 0.15) is 6.42 Å². The molecule has 0 unspecified atom stereocenters. The normalized spacial score (nSPS) is 11.4. The van der Waals surface area contributed by atoms with Gasteiger partial charge in [-0.1, -0.05) is 36.4 Å². The fraction of sp³-hybridized carbons (Fsp3) is 0.278. The van der Waals surface area contributed by atoms with E-state index in [4.69, 9.17) is 4.98 Å². The number of nitrogens with zero attached hydrogens (tertiary/aromatic N) is 2. The Hall–Kier alpha value is -1.88. The van der Waals surface area contributed by atoms with E-state index in [0.717, 1.165) is 40.5 Å². The maximum absolute atomic E-state index is 11.6. The van der Waals surface area contributed by atoms with Crippen LogP contribution in [0.4, 0.5) is 5.69 Å². The van der Waals surface area contributed by atoms with Crippen molar-refractivity contribution in [1.82, 2.24) is 4.98 Å². The molecule has 23 heavy (non-hydrogen) atoms. The number of aromatic nitrogens is 1. The van der Waals surface area contributed by atoms with Gasteiger partial charge in [0.25, 0.3) is 0 Å². The standard InChI is InChI=1S/C18H21N3O.ClH/c1-21(2,22)13-7-12-19-18-14-8-3-5-10-16(14)20-17-11-6-4-9-15(17)18;/h3-6,8-11H,7,12-13H2,1-2H3,(H,19,20);1H. The van der Waals surface area contributed by atoms with Crippen LogP contribution in [-0.2, 0) is 0 Å². The van der Waals surface area contributed by atoms with Crippen LogP contribution in [0.15, 0.2) is 48.5 Å². The zero-order chi connectivity index (χ0) is 15.6. The topological polar surface area (TPSA) is 48.0 Å². The Morgan fingerprint density at radius 2 is 1.48 bits per heavy atom.